The Morgan fingerprint density at radius 1 is 1.29 bits per heavy atom. The summed E-state index contributed by atoms with van der Waals surface area (Å²) in [5, 5.41) is 2.68. The van der Waals surface area contributed by atoms with Gasteiger partial charge in [-0.2, -0.15) is 0 Å². The normalized spacial score (nSPS) is 18.9. The summed E-state index contributed by atoms with van der Waals surface area (Å²) in [6.45, 7) is 1.56. The molecule has 1 fully saturated rings. The Kier molecular flexibility index (Phi) is 4.84. The van der Waals surface area contributed by atoms with Crippen molar-refractivity contribution in [2.24, 2.45) is 11.7 Å². The molecular formula is C16H21N5O3. The predicted molar refractivity (Wildman–Crippen MR) is 86.3 cm³/mol. The first kappa shape index (κ1) is 16.5. The number of nitrogens with one attached hydrogen (secondary N) is 1. The summed E-state index contributed by atoms with van der Waals surface area (Å²) >= 11 is 0. The monoisotopic (exact) mass is 331 g/mol. The number of carbonyl (C=O) groups excluding carboxylic acids is 3. The lowest BCUT2D eigenvalue weighted by molar-refractivity contribution is -0.123. The van der Waals surface area contributed by atoms with E-state index in [0.717, 1.165) is 12.8 Å². The quantitative estimate of drug-likeness (QED) is 0.809. The van der Waals surface area contributed by atoms with Crippen molar-refractivity contribution in [3.63, 3.8) is 0 Å². The molecule has 8 heteroatoms. The van der Waals surface area contributed by atoms with Crippen LogP contribution in [0, 0.1) is 5.92 Å². The highest BCUT2D eigenvalue weighted by Gasteiger charge is 2.24. The molecule has 3 rings (SSSR count). The molecule has 1 aliphatic heterocycles. The zero-order valence-corrected chi connectivity index (χ0v) is 13.5. The van der Waals surface area contributed by atoms with Gasteiger partial charge in [-0.15, -0.1) is 0 Å². The summed E-state index contributed by atoms with van der Waals surface area (Å²) in [5.41, 5.74) is 6.57. The fourth-order valence-corrected chi connectivity index (χ4v) is 3.19. The van der Waals surface area contributed by atoms with Gasteiger partial charge in [0.2, 0.25) is 17.8 Å². The van der Waals surface area contributed by atoms with E-state index in [-0.39, 0.29) is 36.0 Å². The van der Waals surface area contributed by atoms with Crippen molar-refractivity contribution >= 4 is 23.5 Å². The smallest absolute Gasteiger partial charge is 0.240 e. The highest BCUT2D eigenvalue weighted by atomic mass is 16.2. The minimum atomic E-state index is -0.267. The summed E-state index contributed by atoms with van der Waals surface area (Å²) in [7, 11) is 0. The molecule has 0 bridgehead atoms. The number of piperidine rings is 1. The van der Waals surface area contributed by atoms with Crippen molar-refractivity contribution in [2.75, 3.05) is 25.0 Å². The molecule has 0 radical (unpaired) electrons. The first-order valence-corrected chi connectivity index (χ1v) is 8.23. The van der Waals surface area contributed by atoms with Crippen LogP contribution in [0.15, 0.2) is 6.20 Å². The molecule has 0 saturated carbocycles. The molecule has 3 N–H and O–H groups in total. The molecule has 2 heterocycles. The summed E-state index contributed by atoms with van der Waals surface area (Å²) in [5.74, 6) is -0.261. The molecule has 0 unspecified atom stereocenters. The van der Waals surface area contributed by atoms with Crippen molar-refractivity contribution in [2.45, 2.75) is 32.1 Å². The fourth-order valence-electron chi connectivity index (χ4n) is 3.19. The van der Waals surface area contributed by atoms with Crippen molar-refractivity contribution < 1.29 is 14.4 Å². The van der Waals surface area contributed by atoms with E-state index >= 15 is 0 Å². The predicted octanol–water partition coefficient (Wildman–Crippen LogP) is 0.131. The Bertz CT molecular complexity index is 668. The van der Waals surface area contributed by atoms with Gasteiger partial charge in [-0.05, 0) is 38.8 Å². The van der Waals surface area contributed by atoms with E-state index in [0.29, 0.717) is 43.6 Å². The number of ketones is 1. The minimum Gasteiger partial charge on any atom is -0.369 e. The van der Waals surface area contributed by atoms with Crippen LogP contribution in [0.25, 0.3) is 0 Å². The number of Topliss-reactive ketones (excluding diaryl/α,β-unsaturated/α-hetero) is 1. The van der Waals surface area contributed by atoms with Crippen LogP contribution in [0.5, 0.6) is 0 Å². The van der Waals surface area contributed by atoms with Gasteiger partial charge in [0.25, 0.3) is 0 Å². The van der Waals surface area contributed by atoms with Crippen LogP contribution in [0.2, 0.25) is 0 Å². The minimum absolute atomic E-state index is 0.0615. The van der Waals surface area contributed by atoms with Gasteiger partial charge in [0.05, 0.1) is 17.8 Å². The molecule has 0 aromatic carbocycles. The number of aryl methyl sites for hydroxylation is 1. The number of aromatic nitrogens is 2. The second-order valence-electron chi connectivity index (χ2n) is 6.33. The lowest BCUT2D eigenvalue weighted by Crippen LogP contribution is -2.42. The molecule has 1 aliphatic carbocycles. The highest BCUT2D eigenvalue weighted by Crippen LogP contribution is 2.20. The number of primary amides is 1. The maximum atomic E-state index is 12.1. The molecule has 2 aliphatic rings. The molecule has 2 amide bonds. The van der Waals surface area contributed by atoms with Gasteiger partial charge in [-0.25, -0.2) is 9.97 Å². The summed E-state index contributed by atoms with van der Waals surface area (Å²) in [4.78, 5) is 45.4. The third-order valence-electron chi connectivity index (χ3n) is 4.59. The van der Waals surface area contributed by atoms with E-state index in [1.165, 1.54) is 6.20 Å². The molecular weight excluding hydrogens is 310 g/mol. The summed E-state index contributed by atoms with van der Waals surface area (Å²) in [6, 6.07) is 0. The lowest BCUT2D eigenvalue weighted by Gasteiger charge is -2.29. The average molecular weight is 331 g/mol. The number of carbonyl (C=O) groups is 3. The van der Waals surface area contributed by atoms with Gasteiger partial charge in [0.15, 0.2) is 5.78 Å². The molecule has 1 aromatic rings. The summed E-state index contributed by atoms with van der Waals surface area (Å²) < 4.78 is 0. The van der Waals surface area contributed by atoms with Crippen molar-refractivity contribution in [1.29, 1.82) is 0 Å². The number of hydrogen-bond acceptors (Lipinski definition) is 6. The third-order valence-corrected chi connectivity index (χ3v) is 4.59. The maximum Gasteiger partial charge on any atom is 0.240 e. The van der Waals surface area contributed by atoms with Gasteiger partial charge < -0.3 is 5.73 Å². The SMILES string of the molecule is NC(=O)C1CCN(CC(=O)Nc2ncc3c(n2)CCCC3=O)CC1. The van der Waals surface area contributed by atoms with E-state index in [1.807, 2.05) is 4.90 Å². The number of amides is 2. The van der Waals surface area contributed by atoms with Gasteiger partial charge in [-0.3, -0.25) is 24.6 Å². The van der Waals surface area contributed by atoms with Crippen LogP contribution in [0.4, 0.5) is 5.95 Å². The topological polar surface area (TPSA) is 118 Å². The molecule has 1 aromatic heterocycles. The largest absolute Gasteiger partial charge is 0.369 e. The number of fused-ring (bicyclic) bond motifs is 1. The van der Waals surface area contributed by atoms with Crippen LogP contribution >= 0.6 is 0 Å². The fraction of sp³-hybridized carbons (Fsp3) is 0.562. The number of nitrogens with two attached hydrogens (primary N) is 1. The van der Waals surface area contributed by atoms with Crippen molar-refractivity contribution in [1.82, 2.24) is 14.9 Å². The van der Waals surface area contributed by atoms with Crippen LogP contribution in [-0.4, -0.2) is 52.1 Å². The van der Waals surface area contributed by atoms with Gasteiger partial charge in [0.1, 0.15) is 0 Å². The van der Waals surface area contributed by atoms with E-state index in [1.54, 1.807) is 0 Å². The Morgan fingerprint density at radius 2 is 2.04 bits per heavy atom. The van der Waals surface area contributed by atoms with Crippen LogP contribution < -0.4 is 11.1 Å². The second kappa shape index (κ2) is 7.04. The highest BCUT2D eigenvalue weighted by molar-refractivity contribution is 5.98. The van der Waals surface area contributed by atoms with Crippen LogP contribution in [0.3, 0.4) is 0 Å². The van der Waals surface area contributed by atoms with Crippen LogP contribution in [-0.2, 0) is 16.0 Å². The van der Waals surface area contributed by atoms with E-state index in [4.69, 9.17) is 5.73 Å². The van der Waals surface area contributed by atoms with Gasteiger partial charge in [0, 0.05) is 18.5 Å². The van der Waals surface area contributed by atoms with Gasteiger partial charge >= 0.3 is 0 Å². The van der Waals surface area contributed by atoms with E-state index in [2.05, 4.69) is 15.3 Å². The Morgan fingerprint density at radius 3 is 2.75 bits per heavy atom. The van der Waals surface area contributed by atoms with Crippen molar-refractivity contribution in [3.8, 4) is 0 Å². The first-order chi connectivity index (χ1) is 11.5. The molecule has 8 nitrogen and oxygen atoms in total. The maximum absolute atomic E-state index is 12.1. The second-order valence-corrected chi connectivity index (χ2v) is 6.33. The number of anilines is 1. The zero-order chi connectivity index (χ0) is 17.1. The molecule has 0 atom stereocenters. The first-order valence-electron chi connectivity index (χ1n) is 8.23. The molecule has 0 spiro atoms. The lowest BCUT2D eigenvalue weighted by atomic mass is 9.96. The average Bonchev–Trinajstić information content (AvgIpc) is 2.55. The van der Waals surface area contributed by atoms with Crippen LogP contribution in [0.1, 0.15) is 41.7 Å². The van der Waals surface area contributed by atoms with Gasteiger partial charge in [-0.1, -0.05) is 0 Å². The number of rotatable bonds is 4. The number of nitrogens with zero attached hydrogens (tertiary/aromatic N) is 3. The Balaban J connectivity index is 1.54. The number of hydrogen-bond donors (Lipinski definition) is 2. The zero-order valence-electron chi connectivity index (χ0n) is 13.5. The van der Waals surface area contributed by atoms with E-state index in [9.17, 15) is 14.4 Å². The number of likely N-dealkylation sites (tertiary alicyclic amines) is 1. The summed E-state index contributed by atoms with van der Waals surface area (Å²) in [6.07, 6.45) is 4.90. The molecule has 1 saturated heterocycles. The third kappa shape index (κ3) is 3.76. The Labute approximate surface area is 139 Å². The molecule has 24 heavy (non-hydrogen) atoms. The standard InChI is InChI=1S/C16H21N5O3/c17-15(24)10-4-6-21(7-5-10)9-14(23)20-16-18-8-11-12(19-16)2-1-3-13(11)22/h8,10H,1-7,9H2,(H2,17,24)(H,18,19,20,23). The van der Waals surface area contributed by atoms with E-state index < -0.39 is 0 Å². The Hall–Kier alpha value is -2.35. The van der Waals surface area contributed by atoms with Crippen molar-refractivity contribution in [3.05, 3.63) is 17.5 Å². The molecule has 128 valence electrons.